The summed E-state index contributed by atoms with van der Waals surface area (Å²) in [7, 11) is 3.09. The number of aryl methyl sites for hydroxylation is 1. The fourth-order valence-electron chi connectivity index (χ4n) is 4.11. The molecule has 1 aliphatic heterocycles. The highest BCUT2D eigenvalue weighted by atomic mass is 16.5. The number of carbonyl (C=O) groups excluding carboxylic acids is 1. The lowest BCUT2D eigenvalue weighted by atomic mass is 10.2. The first-order chi connectivity index (χ1) is 17.5. The largest absolute Gasteiger partial charge is 0.495 e. The van der Waals surface area contributed by atoms with Crippen LogP contribution in [0.25, 0.3) is 22.6 Å². The number of aliphatic hydroxyl groups is 1. The third-order valence-corrected chi connectivity index (χ3v) is 5.94. The number of amides is 1. The molecule has 1 saturated heterocycles. The molecule has 3 atom stereocenters. The van der Waals surface area contributed by atoms with E-state index in [-0.39, 0.29) is 12.3 Å². The van der Waals surface area contributed by atoms with E-state index in [0.29, 0.717) is 40.7 Å². The summed E-state index contributed by atoms with van der Waals surface area (Å²) in [5.41, 5.74) is 3.50. The molecule has 1 amide bonds. The average molecular weight is 491 g/mol. The van der Waals surface area contributed by atoms with Crippen LogP contribution in [-0.4, -0.2) is 66.9 Å². The van der Waals surface area contributed by atoms with Crippen molar-refractivity contribution in [3.05, 3.63) is 54.4 Å². The Morgan fingerprint density at radius 1 is 1.28 bits per heavy atom. The lowest BCUT2D eigenvalue weighted by molar-refractivity contribution is -0.134. The predicted octanol–water partition coefficient (Wildman–Crippen LogP) is 1.61. The molecule has 0 saturated carbocycles. The van der Waals surface area contributed by atoms with E-state index in [9.17, 15) is 9.90 Å². The van der Waals surface area contributed by atoms with Gasteiger partial charge in [-0.1, -0.05) is 0 Å². The van der Waals surface area contributed by atoms with Gasteiger partial charge in [0, 0.05) is 31.4 Å². The zero-order valence-corrected chi connectivity index (χ0v) is 20.0. The molecule has 4 aromatic rings. The molecule has 4 aromatic heterocycles. The molecule has 1 fully saturated rings. The number of hydrogen-bond donors (Lipinski definition) is 3. The van der Waals surface area contributed by atoms with E-state index in [1.54, 1.807) is 36.3 Å². The minimum Gasteiger partial charge on any atom is -0.495 e. The number of anilines is 1. The van der Waals surface area contributed by atoms with Crippen LogP contribution < -0.4 is 15.4 Å². The van der Waals surface area contributed by atoms with Crippen molar-refractivity contribution in [1.29, 1.82) is 0 Å². The van der Waals surface area contributed by atoms with Crippen molar-refractivity contribution in [2.24, 2.45) is 0 Å². The second-order valence-electron chi connectivity index (χ2n) is 8.44. The molecule has 12 nitrogen and oxygen atoms in total. The number of nitrogens with one attached hydrogen (secondary N) is 2. The molecule has 12 heteroatoms. The summed E-state index contributed by atoms with van der Waals surface area (Å²) in [6.45, 7) is 2.42. The third-order valence-electron chi connectivity index (χ3n) is 5.94. The molecule has 0 radical (unpaired) electrons. The fourth-order valence-corrected chi connectivity index (χ4v) is 4.11. The first-order valence-corrected chi connectivity index (χ1v) is 11.4. The molecule has 0 unspecified atom stereocenters. The maximum absolute atomic E-state index is 12.1. The second kappa shape index (κ2) is 9.84. The molecule has 5 rings (SSSR count). The SMILES string of the molecule is CNC(=O)[C@@H]1C[C@@H](O)[C@H](n2cnc3c(NCc4cc(C)ccn4)nc(-c4cncc(OC)c4)nc32)O1. The van der Waals surface area contributed by atoms with Crippen LogP contribution in [0, 0.1) is 6.92 Å². The number of aliphatic hydroxyl groups excluding tert-OH is 1. The van der Waals surface area contributed by atoms with Gasteiger partial charge in [-0.05, 0) is 30.7 Å². The van der Waals surface area contributed by atoms with Crippen molar-refractivity contribution in [2.45, 2.75) is 38.3 Å². The maximum atomic E-state index is 12.1. The Bertz CT molecular complexity index is 1410. The number of aromatic nitrogens is 6. The van der Waals surface area contributed by atoms with Crippen LogP contribution in [0.2, 0.25) is 0 Å². The summed E-state index contributed by atoms with van der Waals surface area (Å²) in [4.78, 5) is 34.7. The average Bonchev–Trinajstić information content (AvgIpc) is 3.50. The number of carbonyl (C=O) groups is 1. The quantitative estimate of drug-likeness (QED) is 0.349. The summed E-state index contributed by atoms with van der Waals surface area (Å²) < 4.78 is 12.8. The number of rotatable bonds is 7. The van der Waals surface area contributed by atoms with Crippen LogP contribution in [0.4, 0.5) is 5.82 Å². The van der Waals surface area contributed by atoms with Gasteiger partial charge in [0.15, 0.2) is 29.0 Å². The molecule has 0 bridgehead atoms. The third kappa shape index (κ3) is 4.55. The van der Waals surface area contributed by atoms with Gasteiger partial charge in [-0.2, -0.15) is 0 Å². The number of fused-ring (bicyclic) bond motifs is 1. The van der Waals surface area contributed by atoms with Crippen molar-refractivity contribution in [2.75, 3.05) is 19.5 Å². The number of likely N-dealkylation sites (N-methyl/N-ethyl adjacent to an activating group) is 1. The van der Waals surface area contributed by atoms with Gasteiger partial charge in [-0.25, -0.2) is 15.0 Å². The summed E-state index contributed by atoms with van der Waals surface area (Å²) in [5.74, 6) is 1.12. The van der Waals surface area contributed by atoms with Crippen molar-refractivity contribution in [1.82, 2.24) is 34.8 Å². The van der Waals surface area contributed by atoms with Gasteiger partial charge in [-0.15, -0.1) is 0 Å². The number of ether oxygens (including phenoxy) is 2. The van der Waals surface area contributed by atoms with E-state index in [4.69, 9.17) is 19.4 Å². The Kier molecular flexibility index (Phi) is 6.44. The normalized spacial score (nSPS) is 19.4. The van der Waals surface area contributed by atoms with Crippen LogP contribution in [-0.2, 0) is 16.1 Å². The van der Waals surface area contributed by atoms with Crippen LogP contribution in [0.3, 0.4) is 0 Å². The van der Waals surface area contributed by atoms with Gasteiger partial charge in [0.25, 0.3) is 0 Å². The van der Waals surface area contributed by atoms with E-state index in [1.165, 1.54) is 13.4 Å². The molecule has 186 valence electrons. The van der Waals surface area contributed by atoms with E-state index in [1.807, 2.05) is 19.1 Å². The van der Waals surface area contributed by atoms with Gasteiger partial charge >= 0.3 is 0 Å². The monoisotopic (exact) mass is 490 g/mol. The Labute approximate surface area is 206 Å². The number of methoxy groups -OCH3 is 1. The fraction of sp³-hybridized carbons (Fsp3) is 0.333. The number of nitrogens with zero attached hydrogens (tertiary/aromatic N) is 6. The summed E-state index contributed by atoms with van der Waals surface area (Å²) >= 11 is 0. The van der Waals surface area contributed by atoms with Crippen LogP contribution >= 0.6 is 0 Å². The van der Waals surface area contributed by atoms with Crippen molar-refractivity contribution in [3.8, 4) is 17.1 Å². The molecule has 36 heavy (non-hydrogen) atoms. The predicted molar refractivity (Wildman–Crippen MR) is 130 cm³/mol. The molecular weight excluding hydrogens is 464 g/mol. The molecule has 5 heterocycles. The van der Waals surface area contributed by atoms with E-state index in [0.717, 1.165) is 11.3 Å². The van der Waals surface area contributed by atoms with Gasteiger partial charge < -0.3 is 25.2 Å². The van der Waals surface area contributed by atoms with Crippen molar-refractivity contribution < 1.29 is 19.4 Å². The molecule has 0 aliphatic carbocycles. The van der Waals surface area contributed by atoms with E-state index >= 15 is 0 Å². The maximum Gasteiger partial charge on any atom is 0.249 e. The van der Waals surface area contributed by atoms with Gasteiger partial charge in [0.1, 0.15) is 18.0 Å². The highest BCUT2D eigenvalue weighted by Crippen LogP contribution is 2.33. The van der Waals surface area contributed by atoms with Gasteiger partial charge in [0.2, 0.25) is 5.91 Å². The van der Waals surface area contributed by atoms with Crippen LogP contribution in [0.5, 0.6) is 5.75 Å². The van der Waals surface area contributed by atoms with Gasteiger partial charge in [-0.3, -0.25) is 19.3 Å². The van der Waals surface area contributed by atoms with Crippen molar-refractivity contribution in [3.63, 3.8) is 0 Å². The molecule has 3 N–H and O–H groups in total. The highest BCUT2D eigenvalue weighted by Gasteiger charge is 2.39. The molecular formula is C24H26N8O4. The first-order valence-electron chi connectivity index (χ1n) is 11.4. The molecule has 0 spiro atoms. The Hall–Kier alpha value is -4.16. The summed E-state index contributed by atoms with van der Waals surface area (Å²) in [5, 5.41) is 16.6. The second-order valence-corrected chi connectivity index (χ2v) is 8.44. The topological polar surface area (TPSA) is 149 Å². The molecule has 1 aliphatic rings. The number of pyridine rings is 2. The first kappa shape index (κ1) is 23.6. The van der Waals surface area contributed by atoms with Crippen LogP contribution in [0.1, 0.15) is 23.9 Å². The van der Waals surface area contributed by atoms with E-state index < -0.39 is 18.4 Å². The Balaban J connectivity index is 1.57. The molecule has 0 aromatic carbocycles. The number of hydrogen-bond acceptors (Lipinski definition) is 10. The number of imidazole rings is 1. The highest BCUT2D eigenvalue weighted by molar-refractivity contribution is 5.85. The standard InChI is InChI=1S/C24H26N8O4/c1-13-4-5-27-15(6-13)10-28-21-19-22(31-20(30-21)14-7-16(35-3)11-26-9-14)32(12-29-19)24-17(33)8-18(36-24)23(34)25-2/h4-7,9,11-12,17-18,24,33H,8,10H2,1-3H3,(H,25,34)(H,28,30,31)/t17-,18+,24-/m1/s1. The zero-order valence-electron chi connectivity index (χ0n) is 20.0. The van der Waals surface area contributed by atoms with Crippen molar-refractivity contribution >= 4 is 22.9 Å². The Morgan fingerprint density at radius 3 is 2.92 bits per heavy atom. The lowest BCUT2D eigenvalue weighted by Crippen LogP contribution is -2.31. The van der Waals surface area contributed by atoms with E-state index in [2.05, 4.69) is 25.6 Å². The minimum atomic E-state index is -0.922. The smallest absolute Gasteiger partial charge is 0.249 e. The van der Waals surface area contributed by atoms with Crippen LogP contribution in [0.15, 0.2) is 43.1 Å². The summed E-state index contributed by atoms with van der Waals surface area (Å²) in [6.07, 6.45) is 4.14. The lowest BCUT2D eigenvalue weighted by Gasteiger charge is -2.17. The zero-order chi connectivity index (χ0) is 25.2. The Morgan fingerprint density at radius 2 is 2.14 bits per heavy atom. The van der Waals surface area contributed by atoms with Gasteiger partial charge in [0.05, 0.1) is 31.9 Å². The minimum absolute atomic E-state index is 0.159. The summed E-state index contributed by atoms with van der Waals surface area (Å²) in [6, 6.07) is 5.70.